The normalized spacial score (nSPS) is 16.2. The molecular weight excluding hydrogens is 318 g/mol. The smallest absolute Gasteiger partial charge is 0.322 e. The molecule has 0 fully saturated rings. The van der Waals surface area contributed by atoms with Crippen molar-refractivity contribution in [2.75, 3.05) is 0 Å². The highest BCUT2D eigenvalue weighted by molar-refractivity contribution is 7.90. The summed E-state index contributed by atoms with van der Waals surface area (Å²) in [7, 11) is -3.74. The number of nitrogens with one attached hydrogen (secondary N) is 1. The standard InChI is InChI=1S/C16H17NO5S/c18-16(19)15(7-11-5-6-22-10-11)17-23(20,21)14-8-12-3-1-2-4-13(12)9-14/h1-6,10,14-15,17H,7-9H2,(H,18,19). The van der Waals surface area contributed by atoms with Crippen molar-refractivity contribution in [1.82, 2.24) is 4.72 Å². The van der Waals surface area contributed by atoms with Crippen LogP contribution in [0.25, 0.3) is 0 Å². The van der Waals surface area contributed by atoms with Gasteiger partial charge >= 0.3 is 5.97 Å². The lowest BCUT2D eigenvalue weighted by atomic mass is 10.1. The molecule has 1 unspecified atom stereocenters. The maximum atomic E-state index is 12.5. The van der Waals surface area contributed by atoms with Crippen LogP contribution in [0.5, 0.6) is 0 Å². The van der Waals surface area contributed by atoms with Crippen molar-refractivity contribution in [2.24, 2.45) is 0 Å². The minimum Gasteiger partial charge on any atom is -0.480 e. The predicted molar refractivity (Wildman–Crippen MR) is 83.5 cm³/mol. The van der Waals surface area contributed by atoms with Gasteiger partial charge in [0.2, 0.25) is 10.0 Å². The molecule has 0 saturated carbocycles. The van der Waals surface area contributed by atoms with Crippen LogP contribution in [0.1, 0.15) is 16.7 Å². The number of carboxylic acid groups (broad SMARTS) is 1. The van der Waals surface area contributed by atoms with E-state index in [-0.39, 0.29) is 6.42 Å². The van der Waals surface area contributed by atoms with Gasteiger partial charge in [0.1, 0.15) is 6.04 Å². The van der Waals surface area contributed by atoms with E-state index in [1.165, 1.54) is 12.5 Å². The lowest BCUT2D eigenvalue weighted by molar-refractivity contribution is -0.138. The molecule has 0 radical (unpaired) electrons. The molecule has 0 aliphatic heterocycles. The number of sulfonamides is 1. The fraction of sp³-hybridized carbons (Fsp3) is 0.312. The lowest BCUT2D eigenvalue weighted by Gasteiger charge is -2.17. The van der Waals surface area contributed by atoms with Gasteiger partial charge < -0.3 is 9.52 Å². The molecule has 3 rings (SSSR count). The van der Waals surface area contributed by atoms with E-state index >= 15 is 0 Å². The van der Waals surface area contributed by atoms with Crippen LogP contribution < -0.4 is 4.72 Å². The van der Waals surface area contributed by atoms with Crippen LogP contribution in [0.15, 0.2) is 47.3 Å². The first-order valence-corrected chi connectivity index (χ1v) is 8.82. The number of hydrogen-bond acceptors (Lipinski definition) is 4. The third-order valence-electron chi connectivity index (χ3n) is 4.08. The molecule has 0 saturated heterocycles. The van der Waals surface area contributed by atoms with E-state index in [9.17, 15) is 18.3 Å². The first kappa shape index (κ1) is 15.8. The number of carboxylic acids is 1. The zero-order valence-corrected chi connectivity index (χ0v) is 13.1. The van der Waals surface area contributed by atoms with Crippen molar-refractivity contribution >= 4 is 16.0 Å². The second-order valence-electron chi connectivity index (χ2n) is 5.69. The van der Waals surface area contributed by atoms with Crippen LogP contribution in [0.4, 0.5) is 0 Å². The molecule has 2 N–H and O–H groups in total. The topological polar surface area (TPSA) is 96.6 Å². The van der Waals surface area contributed by atoms with E-state index in [0.29, 0.717) is 18.4 Å². The maximum absolute atomic E-state index is 12.5. The molecule has 122 valence electrons. The van der Waals surface area contributed by atoms with Crippen molar-refractivity contribution in [2.45, 2.75) is 30.6 Å². The molecule has 0 spiro atoms. The van der Waals surface area contributed by atoms with E-state index in [4.69, 9.17) is 4.42 Å². The zero-order chi connectivity index (χ0) is 16.4. The molecule has 7 heteroatoms. The average Bonchev–Trinajstić information content (AvgIpc) is 3.15. The number of carbonyl (C=O) groups is 1. The highest BCUT2D eigenvalue weighted by Gasteiger charge is 2.35. The Bertz CT molecular complexity index is 773. The number of rotatable bonds is 6. The highest BCUT2D eigenvalue weighted by atomic mass is 32.2. The summed E-state index contributed by atoms with van der Waals surface area (Å²) in [6.45, 7) is 0. The Hall–Kier alpha value is -2.12. The van der Waals surface area contributed by atoms with Crippen LogP contribution in [-0.2, 0) is 34.1 Å². The number of fused-ring (bicyclic) bond motifs is 1. The first-order chi connectivity index (χ1) is 11.0. The lowest BCUT2D eigenvalue weighted by Crippen LogP contribution is -2.46. The second-order valence-corrected chi connectivity index (χ2v) is 7.68. The second kappa shape index (κ2) is 6.17. The van der Waals surface area contributed by atoms with Crippen LogP contribution in [0, 0.1) is 0 Å². The Balaban J connectivity index is 1.73. The summed E-state index contributed by atoms with van der Waals surface area (Å²) in [6.07, 6.45) is 3.70. The molecule has 1 heterocycles. The molecule has 0 amide bonds. The molecule has 1 aromatic carbocycles. The van der Waals surface area contributed by atoms with Crippen molar-refractivity contribution in [3.05, 3.63) is 59.5 Å². The summed E-state index contributed by atoms with van der Waals surface area (Å²) in [6, 6.07) is 7.98. The molecule has 1 aliphatic carbocycles. The Morgan fingerprint density at radius 3 is 2.43 bits per heavy atom. The minimum absolute atomic E-state index is 0.0464. The van der Waals surface area contributed by atoms with Crippen LogP contribution in [0.2, 0.25) is 0 Å². The maximum Gasteiger partial charge on any atom is 0.322 e. The third kappa shape index (κ3) is 3.46. The highest BCUT2D eigenvalue weighted by Crippen LogP contribution is 2.26. The molecule has 1 aromatic heterocycles. The van der Waals surface area contributed by atoms with E-state index in [0.717, 1.165) is 11.1 Å². The van der Waals surface area contributed by atoms with Crippen LogP contribution in [-0.4, -0.2) is 30.8 Å². The monoisotopic (exact) mass is 335 g/mol. The fourth-order valence-electron chi connectivity index (χ4n) is 2.86. The van der Waals surface area contributed by atoms with Gasteiger partial charge in [-0.2, -0.15) is 0 Å². The van der Waals surface area contributed by atoms with Gasteiger partial charge in [0, 0.05) is 6.42 Å². The van der Waals surface area contributed by atoms with Crippen LogP contribution in [0.3, 0.4) is 0 Å². The molecule has 0 bridgehead atoms. The summed E-state index contributed by atoms with van der Waals surface area (Å²) >= 11 is 0. The van der Waals surface area contributed by atoms with Gasteiger partial charge in [-0.1, -0.05) is 24.3 Å². The van der Waals surface area contributed by atoms with Crippen LogP contribution >= 0.6 is 0 Å². The largest absolute Gasteiger partial charge is 0.480 e. The molecule has 6 nitrogen and oxygen atoms in total. The van der Waals surface area contributed by atoms with E-state index in [1.54, 1.807) is 6.07 Å². The van der Waals surface area contributed by atoms with E-state index in [2.05, 4.69) is 4.72 Å². The van der Waals surface area contributed by atoms with Crippen molar-refractivity contribution in [1.29, 1.82) is 0 Å². The molecule has 2 aromatic rings. The SMILES string of the molecule is O=C(O)C(Cc1ccoc1)NS(=O)(=O)C1Cc2ccccc2C1. The zero-order valence-electron chi connectivity index (χ0n) is 12.3. The predicted octanol–water partition coefficient (Wildman–Crippen LogP) is 1.36. The summed E-state index contributed by atoms with van der Waals surface area (Å²) in [4.78, 5) is 11.4. The Kier molecular flexibility index (Phi) is 4.23. The summed E-state index contributed by atoms with van der Waals surface area (Å²) < 4.78 is 32.3. The minimum atomic E-state index is -3.74. The quantitative estimate of drug-likeness (QED) is 0.831. The van der Waals surface area contributed by atoms with Gasteiger partial charge in [-0.15, -0.1) is 0 Å². The number of hydrogen-bond donors (Lipinski definition) is 2. The Labute approximate surface area is 134 Å². The Morgan fingerprint density at radius 2 is 1.91 bits per heavy atom. The van der Waals surface area contributed by atoms with Gasteiger partial charge in [0.05, 0.1) is 17.8 Å². The van der Waals surface area contributed by atoms with Gasteiger partial charge in [0.15, 0.2) is 0 Å². The molecule has 23 heavy (non-hydrogen) atoms. The van der Waals surface area contributed by atoms with Gasteiger partial charge in [-0.25, -0.2) is 13.1 Å². The van der Waals surface area contributed by atoms with Crippen molar-refractivity contribution < 1.29 is 22.7 Å². The van der Waals surface area contributed by atoms with Gasteiger partial charge in [-0.3, -0.25) is 4.79 Å². The number of aliphatic carboxylic acids is 1. The average molecular weight is 335 g/mol. The van der Waals surface area contributed by atoms with E-state index < -0.39 is 27.3 Å². The van der Waals surface area contributed by atoms with Gasteiger partial charge in [0.25, 0.3) is 0 Å². The molecular formula is C16H17NO5S. The van der Waals surface area contributed by atoms with Gasteiger partial charge in [-0.05, 0) is 35.6 Å². The fourth-order valence-corrected chi connectivity index (χ4v) is 4.43. The first-order valence-electron chi connectivity index (χ1n) is 7.27. The van der Waals surface area contributed by atoms with Crippen molar-refractivity contribution in [3.63, 3.8) is 0 Å². The molecule has 1 aliphatic rings. The number of benzene rings is 1. The number of furan rings is 1. The third-order valence-corrected chi connectivity index (χ3v) is 5.90. The van der Waals surface area contributed by atoms with E-state index in [1.807, 2.05) is 24.3 Å². The molecule has 1 atom stereocenters. The summed E-state index contributed by atoms with van der Waals surface area (Å²) in [5.41, 5.74) is 2.64. The summed E-state index contributed by atoms with van der Waals surface area (Å²) in [5, 5.41) is 8.66. The Morgan fingerprint density at radius 1 is 1.26 bits per heavy atom. The summed E-state index contributed by atoms with van der Waals surface area (Å²) in [5.74, 6) is -1.20. The van der Waals surface area contributed by atoms with Crippen molar-refractivity contribution in [3.8, 4) is 0 Å².